The number of anilines is 1. The highest BCUT2D eigenvalue weighted by Gasteiger charge is 2.12. The number of ether oxygens (including phenoxy) is 1. The minimum atomic E-state index is -0.492. The molecule has 0 atom stereocenters. The lowest BCUT2D eigenvalue weighted by Gasteiger charge is -2.07. The van der Waals surface area contributed by atoms with Crippen molar-refractivity contribution < 1.29 is 14.5 Å². The zero-order valence-corrected chi connectivity index (χ0v) is 17.6. The lowest BCUT2D eigenvalue weighted by atomic mass is 10.1. The summed E-state index contributed by atoms with van der Waals surface area (Å²) >= 11 is 0. The molecular formula is C24H28N2O4. The fourth-order valence-corrected chi connectivity index (χ4v) is 2.79. The number of non-ortho nitro benzene ring substituents is 1. The van der Waals surface area contributed by atoms with Crippen molar-refractivity contribution in [3.8, 4) is 17.6 Å². The zero-order chi connectivity index (χ0) is 21.8. The van der Waals surface area contributed by atoms with E-state index in [2.05, 4.69) is 24.1 Å². The van der Waals surface area contributed by atoms with Crippen LogP contribution in [0.4, 0.5) is 11.4 Å². The summed E-state index contributed by atoms with van der Waals surface area (Å²) in [6.07, 6.45) is 5.67. The average molecular weight is 408 g/mol. The van der Waals surface area contributed by atoms with Gasteiger partial charge in [0.2, 0.25) is 5.91 Å². The third kappa shape index (κ3) is 7.59. The van der Waals surface area contributed by atoms with Crippen molar-refractivity contribution in [2.75, 3.05) is 11.9 Å². The van der Waals surface area contributed by atoms with Crippen molar-refractivity contribution in [2.24, 2.45) is 0 Å². The Bertz CT molecular complexity index is 911. The minimum Gasteiger partial charge on any atom is -0.494 e. The highest BCUT2D eigenvalue weighted by atomic mass is 16.6. The predicted molar refractivity (Wildman–Crippen MR) is 119 cm³/mol. The van der Waals surface area contributed by atoms with Crippen LogP contribution in [0.25, 0.3) is 0 Å². The SMILES string of the molecule is CCCCCCOc1ccc(C#Cc2ccc([N+](=O)[O-])cc2NC(=O)CCC)cc1. The van der Waals surface area contributed by atoms with Gasteiger partial charge in [0.05, 0.1) is 17.2 Å². The molecule has 0 aromatic heterocycles. The van der Waals surface area contributed by atoms with Gasteiger partial charge in [-0.1, -0.05) is 45.0 Å². The highest BCUT2D eigenvalue weighted by Crippen LogP contribution is 2.22. The van der Waals surface area contributed by atoms with Crippen LogP contribution in [0.15, 0.2) is 42.5 Å². The van der Waals surface area contributed by atoms with Crippen molar-refractivity contribution in [2.45, 2.75) is 52.4 Å². The molecule has 1 amide bonds. The van der Waals surface area contributed by atoms with E-state index in [0.717, 1.165) is 17.7 Å². The molecule has 6 heteroatoms. The topological polar surface area (TPSA) is 81.5 Å². The van der Waals surface area contributed by atoms with Gasteiger partial charge in [0, 0.05) is 29.7 Å². The van der Waals surface area contributed by atoms with Crippen LogP contribution in [0.3, 0.4) is 0 Å². The molecule has 0 saturated heterocycles. The van der Waals surface area contributed by atoms with E-state index >= 15 is 0 Å². The normalized spacial score (nSPS) is 10.1. The zero-order valence-electron chi connectivity index (χ0n) is 17.6. The molecule has 0 radical (unpaired) electrons. The molecule has 1 N–H and O–H groups in total. The number of amides is 1. The Balaban J connectivity index is 2.10. The molecule has 0 saturated carbocycles. The second-order valence-corrected chi connectivity index (χ2v) is 6.97. The number of unbranched alkanes of at least 4 members (excludes halogenated alkanes) is 3. The number of benzene rings is 2. The molecule has 30 heavy (non-hydrogen) atoms. The lowest BCUT2D eigenvalue weighted by Crippen LogP contribution is -2.12. The van der Waals surface area contributed by atoms with Crippen LogP contribution < -0.4 is 10.1 Å². The monoisotopic (exact) mass is 408 g/mol. The number of nitrogens with zero attached hydrogens (tertiary/aromatic N) is 1. The largest absolute Gasteiger partial charge is 0.494 e. The number of nitro groups is 1. The first kappa shape index (κ1) is 23.0. The maximum Gasteiger partial charge on any atom is 0.271 e. The smallest absolute Gasteiger partial charge is 0.271 e. The van der Waals surface area contributed by atoms with E-state index in [4.69, 9.17) is 4.74 Å². The standard InChI is InChI=1S/C24H28N2O4/c1-3-5-6-7-17-30-22-15-10-19(11-16-22)9-12-20-13-14-21(26(28)29)18-23(20)25-24(27)8-4-2/h10-11,13-16,18H,3-8,17H2,1-2H3,(H,25,27). The first-order chi connectivity index (χ1) is 14.5. The van der Waals surface area contributed by atoms with Crippen LogP contribution in [0.5, 0.6) is 5.75 Å². The Morgan fingerprint density at radius 2 is 1.80 bits per heavy atom. The lowest BCUT2D eigenvalue weighted by molar-refractivity contribution is -0.384. The Morgan fingerprint density at radius 3 is 2.47 bits per heavy atom. The van der Waals surface area contributed by atoms with Gasteiger partial charge in [-0.25, -0.2) is 0 Å². The second kappa shape index (κ2) is 12.3. The van der Waals surface area contributed by atoms with Crippen molar-refractivity contribution in [1.29, 1.82) is 0 Å². The van der Waals surface area contributed by atoms with Crippen molar-refractivity contribution in [3.63, 3.8) is 0 Å². The summed E-state index contributed by atoms with van der Waals surface area (Å²) in [7, 11) is 0. The Morgan fingerprint density at radius 1 is 1.03 bits per heavy atom. The first-order valence-corrected chi connectivity index (χ1v) is 10.4. The molecule has 0 fully saturated rings. The fraction of sp³-hybridized carbons (Fsp3) is 0.375. The van der Waals surface area contributed by atoms with Crippen molar-refractivity contribution >= 4 is 17.3 Å². The number of nitrogens with one attached hydrogen (secondary N) is 1. The van der Waals surface area contributed by atoms with E-state index in [1.807, 2.05) is 31.2 Å². The molecule has 158 valence electrons. The molecule has 0 heterocycles. The van der Waals surface area contributed by atoms with Crippen LogP contribution >= 0.6 is 0 Å². The van der Waals surface area contributed by atoms with E-state index in [0.29, 0.717) is 30.7 Å². The molecule has 6 nitrogen and oxygen atoms in total. The molecule has 0 bridgehead atoms. The van der Waals surface area contributed by atoms with Gasteiger partial charge < -0.3 is 10.1 Å². The van der Waals surface area contributed by atoms with E-state index in [1.165, 1.54) is 31.4 Å². The summed E-state index contributed by atoms with van der Waals surface area (Å²) in [5, 5.41) is 13.8. The van der Waals surface area contributed by atoms with Gasteiger partial charge in [-0.15, -0.1) is 0 Å². The first-order valence-electron chi connectivity index (χ1n) is 10.4. The summed E-state index contributed by atoms with van der Waals surface area (Å²) < 4.78 is 5.73. The predicted octanol–water partition coefficient (Wildman–Crippen LogP) is 5.69. The third-order valence-electron chi connectivity index (χ3n) is 4.43. The van der Waals surface area contributed by atoms with Gasteiger partial charge in [-0.05, 0) is 43.2 Å². The number of hydrogen-bond acceptors (Lipinski definition) is 4. The number of carbonyl (C=O) groups excluding carboxylic acids is 1. The van der Waals surface area contributed by atoms with E-state index in [-0.39, 0.29) is 11.6 Å². The quantitative estimate of drug-likeness (QED) is 0.237. The fourth-order valence-electron chi connectivity index (χ4n) is 2.79. The molecule has 0 aliphatic rings. The summed E-state index contributed by atoms with van der Waals surface area (Å²) in [5.74, 6) is 6.65. The van der Waals surface area contributed by atoms with E-state index in [9.17, 15) is 14.9 Å². The minimum absolute atomic E-state index is 0.0900. The molecule has 0 unspecified atom stereocenters. The van der Waals surface area contributed by atoms with Gasteiger partial charge in [0.1, 0.15) is 5.75 Å². The van der Waals surface area contributed by atoms with Crippen LogP contribution in [-0.2, 0) is 4.79 Å². The van der Waals surface area contributed by atoms with E-state index < -0.39 is 4.92 Å². The summed E-state index contributed by atoms with van der Waals surface area (Å²) in [4.78, 5) is 22.5. The maximum absolute atomic E-state index is 12.0. The van der Waals surface area contributed by atoms with Crippen LogP contribution in [0, 0.1) is 22.0 Å². The molecule has 2 rings (SSSR count). The number of rotatable bonds is 10. The molecule has 2 aromatic carbocycles. The maximum atomic E-state index is 12.0. The number of hydrogen-bond donors (Lipinski definition) is 1. The second-order valence-electron chi connectivity index (χ2n) is 6.97. The Labute approximate surface area is 177 Å². The molecule has 0 aliphatic carbocycles. The van der Waals surface area contributed by atoms with Gasteiger partial charge in [-0.2, -0.15) is 0 Å². The van der Waals surface area contributed by atoms with Gasteiger partial charge in [-0.3, -0.25) is 14.9 Å². The van der Waals surface area contributed by atoms with Gasteiger partial charge in [0.15, 0.2) is 0 Å². The van der Waals surface area contributed by atoms with Crippen LogP contribution in [0.1, 0.15) is 63.5 Å². The van der Waals surface area contributed by atoms with Crippen molar-refractivity contribution in [1.82, 2.24) is 0 Å². The molecule has 0 spiro atoms. The highest BCUT2D eigenvalue weighted by molar-refractivity contribution is 5.92. The Kier molecular flexibility index (Phi) is 9.39. The molecule has 0 aliphatic heterocycles. The summed E-state index contributed by atoms with van der Waals surface area (Å²) in [6.45, 7) is 4.78. The van der Waals surface area contributed by atoms with Crippen LogP contribution in [0.2, 0.25) is 0 Å². The van der Waals surface area contributed by atoms with E-state index in [1.54, 1.807) is 6.07 Å². The van der Waals surface area contributed by atoms with Gasteiger partial charge in [0.25, 0.3) is 5.69 Å². The third-order valence-corrected chi connectivity index (χ3v) is 4.43. The van der Waals surface area contributed by atoms with Gasteiger partial charge >= 0.3 is 0 Å². The number of carbonyl (C=O) groups is 1. The summed E-state index contributed by atoms with van der Waals surface area (Å²) in [6, 6.07) is 11.8. The van der Waals surface area contributed by atoms with Crippen LogP contribution in [-0.4, -0.2) is 17.4 Å². The summed E-state index contributed by atoms with van der Waals surface area (Å²) in [5.41, 5.74) is 1.58. The molecule has 2 aromatic rings. The average Bonchev–Trinajstić information content (AvgIpc) is 2.73. The Hall–Kier alpha value is -3.33. The number of nitro benzene ring substituents is 1. The molecular weight excluding hydrogens is 380 g/mol. The van der Waals surface area contributed by atoms with Crippen molar-refractivity contribution in [3.05, 3.63) is 63.7 Å².